The van der Waals surface area contributed by atoms with Gasteiger partial charge >= 0.3 is 0 Å². The second kappa shape index (κ2) is 7.83. The normalized spacial score (nSPS) is 10.8. The summed E-state index contributed by atoms with van der Waals surface area (Å²) in [6, 6.07) is 38.5. The van der Waals surface area contributed by atoms with Crippen LogP contribution < -0.4 is 15.9 Å². The molecule has 0 spiro atoms. The molecule has 4 rings (SSSR count). The lowest BCUT2D eigenvalue weighted by Crippen LogP contribution is -2.22. The maximum atomic E-state index is 5.62. The van der Waals surface area contributed by atoms with E-state index in [4.69, 9.17) is 12.6 Å². The molecule has 26 heavy (non-hydrogen) atoms. The Kier molecular flexibility index (Phi) is 5.11. The smallest absolute Gasteiger partial charge is 0.00732 e. The fourth-order valence-electron chi connectivity index (χ4n) is 3.17. The maximum Gasteiger partial charge on any atom is -0.00732 e. The van der Waals surface area contributed by atoms with Gasteiger partial charge in [0, 0.05) is 0 Å². The zero-order valence-corrected chi connectivity index (χ0v) is 16.0. The molecule has 0 saturated heterocycles. The minimum absolute atomic E-state index is 0.649. The zero-order chi connectivity index (χ0) is 17.8. The van der Waals surface area contributed by atoms with Gasteiger partial charge in [-0.2, -0.15) is 4.90 Å². The summed E-state index contributed by atoms with van der Waals surface area (Å²) in [6.45, 7) is 0. The summed E-state index contributed by atoms with van der Waals surface area (Å²) in [7, 11) is -0.649. The molecule has 0 aromatic heterocycles. The van der Waals surface area contributed by atoms with Crippen molar-refractivity contribution in [2.45, 2.75) is 4.90 Å². The predicted molar refractivity (Wildman–Crippen MR) is 116 cm³/mol. The third-order valence-corrected chi connectivity index (χ3v) is 7.21. The molecule has 0 bridgehead atoms. The van der Waals surface area contributed by atoms with Crippen molar-refractivity contribution >= 4 is 36.5 Å². The van der Waals surface area contributed by atoms with E-state index in [0.29, 0.717) is 0 Å². The van der Waals surface area contributed by atoms with E-state index in [9.17, 15) is 0 Å². The lowest BCUT2D eigenvalue weighted by molar-refractivity contribution is 1.46. The Morgan fingerprint density at radius 3 is 1.50 bits per heavy atom. The van der Waals surface area contributed by atoms with Gasteiger partial charge in [0.1, 0.15) is 0 Å². The summed E-state index contributed by atoms with van der Waals surface area (Å²) < 4.78 is 0. The summed E-state index contributed by atoms with van der Waals surface area (Å²) in [6.07, 6.45) is 0. The van der Waals surface area contributed by atoms with Gasteiger partial charge in [-0.1, -0.05) is 109 Å². The Labute approximate surface area is 161 Å². The molecule has 0 fully saturated rings. The van der Waals surface area contributed by atoms with E-state index < -0.39 is 7.92 Å². The molecule has 0 heterocycles. The minimum atomic E-state index is -0.649. The quantitative estimate of drug-likeness (QED) is 0.360. The van der Waals surface area contributed by atoms with Gasteiger partial charge in [0.05, 0.1) is 0 Å². The molecular formula is C24H18PS-. The number of hydrogen-bond acceptors (Lipinski definition) is 1. The Balaban J connectivity index is 1.95. The van der Waals surface area contributed by atoms with Gasteiger partial charge in [-0.3, -0.25) is 0 Å². The molecule has 0 unspecified atom stereocenters. The van der Waals surface area contributed by atoms with Gasteiger partial charge in [-0.25, -0.2) is 0 Å². The largest absolute Gasteiger partial charge is 0.779 e. The van der Waals surface area contributed by atoms with Gasteiger partial charge in [0.25, 0.3) is 0 Å². The van der Waals surface area contributed by atoms with Crippen molar-refractivity contribution < 1.29 is 0 Å². The molecule has 126 valence electrons. The predicted octanol–water partition coefficient (Wildman–Crippen LogP) is 5.02. The molecule has 0 aliphatic heterocycles. The fourth-order valence-corrected chi connectivity index (χ4v) is 5.89. The van der Waals surface area contributed by atoms with Crippen molar-refractivity contribution in [3.63, 3.8) is 0 Å². The average Bonchev–Trinajstić information content (AvgIpc) is 2.71. The molecule has 4 aromatic rings. The van der Waals surface area contributed by atoms with Crippen LogP contribution in [0, 0.1) is 0 Å². The highest BCUT2D eigenvalue weighted by atomic mass is 32.1. The van der Waals surface area contributed by atoms with Crippen LogP contribution in [0.15, 0.2) is 114 Å². The molecule has 0 nitrogen and oxygen atoms in total. The third-order valence-electron chi connectivity index (χ3n) is 4.35. The van der Waals surface area contributed by atoms with Crippen LogP contribution in [0.3, 0.4) is 0 Å². The van der Waals surface area contributed by atoms with Crippen LogP contribution in [0.2, 0.25) is 0 Å². The molecule has 0 aliphatic rings. The molecule has 0 amide bonds. The van der Waals surface area contributed by atoms with Crippen molar-refractivity contribution in [3.8, 4) is 11.1 Å². The highest BCUT2D eigenvalue weighted by Gasteiger charge is 2.19. The molecule has 0 aliphatic carbocycles. The lowest BCUT2D eigenvalue weighted by Gasteiger charge is -2.24. The average molecular weight is 369 g/mol. The Morgan fingerprint density at radius 1 is 0.462 bits per heavy atom. The molecule has 4 aromatic carbocycles. The van der Waals surface area contributed by atoms with Crippen molar-refractivity contribution in [2.75, 3.05) is 0 Å². The van der Waals surface area contributed by atoms with Gasteiger partial charge < -0.3 is 12.6 Å². The first-order valence-corrected chi connectivity index (χ1v) is 10.4. The van der Waals surface area contributed by atoms with E-state index in [1.165, 1.54) is 21.5 Å². The van der Waals surface area contributed by atoms with Gasteiger partial charge in [0.15, 0.2) is 0 Å². The van der Waals surface area contributed by atoms with E-state index in [1.54, 1.807) is 0 Å². The lowest BCUT2D eigenvalue weighted by atomic mass is 10.1. The Morgan fingerprint density at radius 2 is 0.923 bits per heavy atom. The second-order valence-corrected chi connectivity index (χ2v) is 8.65. The third kappa shape index (κ3) is 3.42. The number of benzene rings is 4. The van der Waals surface area contributed by atoms with Gasteiger partial charge in [-0.15, -0.1) is 0 Å². The van der Waals surface area contributed by atoms with Crippen molar-refractivity contribution in [2.24, 2.45) is 0 Å². The number of hydrogen-bond donors (Lipinski definition) is 0. The van der Waals surface area contributed by atoms with E-state index in [0.717, 1.165) is 10.5 Å². The highest BCUT2D eigenvalue weighted by molar-refractivity contribution is 7.80. The first-order valence-electron chi connectivity index (χ1n) is 8.60. The van der Waals surface area contributed by atoms with Crippen molar-refractivity contribution in [3.05, 3.63) is 109 Å². The van der Waals surface area contributed by atoms with Crippen LogP contribution >= 0.6 is 7.92 Å². The Hall–Kier alpha value is -2.47. The monoisotopic (exact) mass is 369 g/mol. The number of rotatable bonds is 4. The highest BCUT2D eigenvalue weighted by Crippen LogP contribution is 2.37. The van der Waals surface area contributed by atoms with Crippen molar-refractivity contribution in [1.29, 1.82) is 0 Å². The van der Waals surface area contributed by atoms with E-state index in [-0.39, 0.29) is 0 Å². The molecule has 2 heteroatoms. The molecule has 0 radical (unpaired) electrons. The van der Waals surface area contributed by atoms with Crippen LogP contribution in [0.25, 0.3) is 11.1 Å². The summed E-state index contributed by atoms with van der Waals surface area (Å²) in [5, 5.41) is 4.04. The molecule has 0 N–H and O–H groups in total. The van der Waals surface area contributed by atoms with Crippen LogP contribution in [0.1, 0.15) is 0 Å². The summed E-state index contributed by atoms with van der Waals surface area (Å²) >= 11 is 5.62. The summed E-state index contributed by atoms with van der Waals surface area (Å²) in [5.41, 5.74) is 2.37. The molecule has 0 atom stereocenters. The molecule has 0 saturated carbocycles. The second-order valence-electron chi connectivity index (χ2n) is 6.02. The Bertz CT molecular complexity index is 957. The standard InChI is InChI=1S/C24H19PS/c26-24-18-10-8-16-22(24)21-15-7-9-17-23(21)25(19-11-3-1-4-12-19)20-13-5-2-6-14-20/h1-18,26H/p-1. The summed E-state index contributed by atoms with van der Waals surface area (Å²) in [4.78, 5) is 0.899. The maximum absolute atomic E-state index is 5.62. The summed E-state index contributed by atoms with van der Waals surface area (Å²) in [5.74, 6) is 0. The van der Waals surface area contributed by atoms with Gasteiger partial charge in [-0.05, 0) is 35.0 Å². The first kappa shape index (κ1) is 17.0. The minimum Gasteiger partial charge on any atom is -0.779 e. The van der Waals surface area contributed by atoms with Crippen LogP contribution in [0.4, 0.5) is 0 Å². The van der Waals surface area contributed by atoms with Gasteiger partial charge in [0.2, 0.25) is 0 Å². The topological polar surface area (TPSA) is 0 Å². The fraction of sp³-hybridized carbons (Fsp3) is 0. The van der Waals surface area contributed by atoms with Crippen LogP contribution in [0.5, 0.6) is 0 Å². The van der Waals surface area contributed by atoms with Crippen LogP contribution in [-0.2, 0) is 12.6 Å². The van der Waals surface area contributed by atoms with E-state index in [2.05, 4.69) is 97.1 Å². The first-order chi connectivity index (χ1) is 12.8. The molecular weight excluding hydrogens is 351 g/mol. The zero-order valence-electron chi connectivity index (χ0n) is 14.2. The van der Waals surface area contributed by atoms with Crippen LogP contribution in [-0.4, -0.2) is 0 Å². The SMILES string of the molecule is [S-]c1ccccc1-c1ccccc1P(c1ccccc1)c1ccccc1. The van der Waals surface area contributed by atoms with E-state index in [1.807, 2.05) is 12.1 Å². The van der Waals surface area contributed by atoms with Crippen molar-refractivity contribution in [1.82, 2.24) is 0 Å². The van der Waals surface area contributed by atoms with E-state index >= 15 is 0 Å².